The van der Waals surface area contributed by atoms with Crippen LogP contribution in [-0.4, -0.2) is 16.1 Å². The van der Waals surface area contributed by atoms with Gasteiger partial charge in [0, 0.05) is 28.9 Å². The number of anilines is 3. The van der Waals surface area contributed by atoms with Gasteiger partial charge >= 0.3 is 0 Å². The van der Waals surface area contributed by atoms with Crippen LogP contribution in [-0.2, 0) is 4.79 Å². The maximum Gasteiger partial charge on any atom is 0.221 e. The molecule has 1 amide bonds. The van der Waals surface area contributed by atoms with E-state index < -0.39 is 0 Å². The van der Waals surface area contributed by atoms with Crippen molar-refractivity contribution in [2.24, 2.45) is 0 Å². The maximum absolute atomic E-state index is 11.1. The quantitative estimate of drug-likeness (QED) is 0.664. The number of H-pyrrole nitrogens is 1. The van der Waals surface area contributed by atoms with Crippen molar-refractivity contribution in [1.29, 1.82) is 0 Å². The zero-order valence-corrected chi connectivity index (χ0v) is 13.2. The molecule has 0 atom stereocenters. The Morgan fingerprint density at radius 3 is 2.61 bits per heavy atom. The first-order chi connectivity index (χ1) is 11.1. The molecule has 0 aliphatic carbocycles. The van der Waals surface area contributed by atoms with E-state index in [1.54, 1.807) is 6.20 Å². The molecule has 1 heterocycles. The molecule has 3 aromatic rings. The number of aromatic nitrogens is 2. The normalized spacial score (nSPS) is 10.3. The van der Waals surface area contributed by atoms with E-state index in [2.05, 4.69) is 20.8 Å². The summed E-state index contributed by atoms with van der Waals surface area (Å²) in [6.45, 7) is 1.48. The number of rotatable bonds is 4. The Bertz CT molecular complexity index is 827. The molecule has 0 bridgehead atoms. The highest BCUT2D eigenvalue weighted by Crippen LogP contribution is 2.29. The molecular formula is C17H15ClN4O. The van der Waals surface area contributed by atoms with Gasteiger partial charge in [-0.2, -0.15) is 5.10 Å². The van der Waals surface area contributed by atoms with Gasteiger partial charge in [0.1, 0.15) is 0 Å². The number of benzene rings is 2. The number of carbonyl (C=O) groups is 1. The molecule has 116 valence electrons. The van der Waals surface area contributed by atoms with Gasteiger partial charge in [-0.3, -0.25) is 9.89 Å². The van der Waals surface area contributed by atoms with Gasteiger partial charge in [-0.05, 0) is 30.3 Å². The first kappa shape index (κ1) is 15.1. The summed E-state index contributed by atoms with van der Waals surface area (Å²) in [5.41, 5.74) is 4.31. The molecular weight excluding hydrogens is 312 g/mol. The molecule has 23 heavy (non-hydrogen) atoms. The summed E-state index contributed by atoms with van der Waals surface area (Å²) in [4.78, 5) is 11.1. The molecule has 3 rings (SSSR count). The van der Waals surface area contributed by atoms with Crippen molar-refractivity contribution in [3.8, 4) is 11.3 Å². The number of hydrogen-bond acceptors (Lipinski definition) is 3. The van der Waals surface area contributed by atoms with Crippen molar-refractivity contribution >= 4 is 34.6 Å². The minimum atomic E-state index is -0.0948. The van der Waals surface area contributed by atoms with Crippen LogP contribution < -0.4 is 10.6 Å². The van der Waals surface area contributed by atoms with Crippen LogP contribution in [0.2, 0.25) is 5.02 Å². The summed E-state index contributed by atoms with van der Waals surface area (Å²) >= 11 is 6.00. The highest BCUT2D eigenvalue weighted by atomic mass is 35.5. The number of nitrogens with zero attached hydrogens (tertiary/aromatic N) is 1. The summed E-state index contributed by atoms with van der Waals surface area (Å²) in [5, 5.41) is 13.8. The average molecular weight is 327 g/mol. The summed E-state index contributed by atoms with van der Waals surface area (Å²) in [6, 6.07) is 15.0. The predicted molar refractivity (Wildman–Crippen MR) is 93.1 cm³/mol. The molecule has 1 aromatic heterocycles. The fourth-order valence-corrected chi connectivity index (χ4v) is 2.44. The van der Waals surface area contributed by atoms with Crippen molar-refractivity contribution in [2.45, 2.75) is 6.92 Å². The molecule has 0 saturated heterocycles. The molecule has 0 fully saturated rings. The van der Waals surface area contributed by atoms with Crippen molar-refractivity contribution in [2.75, 3.05) is 10.6 Å². The Labute approximate surface area is 138 Å². The lowest BCUT2D eigenvalue weighted by Crippen LogP contribution is -2.05. The zero-order chi connectivity index (χ0) is 16.2. The Hall–Kier alpha value is -2.79. The smallest absolute Gasteiger partial charge is 0.221 e. The van der Waals surface area contributed by atoms with E-state index in [1.165, 1.54) is 6.92 Å². The van der Waals surface area contributed by atoms with Crippen molar-refractivity contribution in [3.05, 3.63) is 59.8 Å². The molecule has 0 unspecified atom stereocenters. The Morgan fingerprint density at radius 2 is 1.91 bits per heavy atom. The van der Waals surface area contributed by atoms with Gasteiger partial charge in [0.15, 0.2) is 0 Å². The second-order valence-corrected chi connectivity index (χ2v) is 5.49. The first-order valence-corrected chi connectivity index (χ1v) is 7.43. The molecule has 2 aromatic carbocycles. The maximum atomic E-state index is 11.1. The molecule has 0 saturated carbocycles. The Morgan fingerprint density at radius 1 is 1.13 bits per heavy atom. The van der Waals surface area contributed by atoms with Gasteiger partial charge in [0.05, 0.1) is 17.6 Å². The van der Waals surface area contributed by atoms with Crippen LogP contribution in [0.25, 0.3) is 11.3 Å². The molecule has 0 radical (unpaired) electrons. The lowest BCUT2D eigenvalue weighted by atomic mass is 10.1. The largest absolute Gasteiger partial charge is 0.352 e. The molecule has 5 nitrogen and oxygen atoms in total. The number of nitrogens with one attached hydrogen (secondary N) is 3. The number of hydrogen-bond donors (Lipinski definition) is 3. The number of carbonyl (C=O) groups excluding carboxylic acids is 1. The van der Waals surface area contributed by atoms with Crippen molar-refractivity contribution in [1.82, 2.24) is 10.2 Å². The molecule has 0 aliphatic heterocycles. The summed E-state index contributed by atoms with van der Waals surface area (Å²) in [7, 11) is 0. The topological polar surface area (TPSA) is 69.8 Å². The van der Waals surface area contributed by atoms with E-state index in [0.717, 1.165) is 28.3 Å². The zero-order valence-electron chi connectivity index (χ0n) is 12.4. The predicted octanol–water partition coefficient (Wildman–Crippen LogP) is 4.43. The summed E-state index contributed by atoms with van der Waals surface area (Å²) < 4.78 is 0. The molecule has 3 N–H and O–H groups in total. The monoisotopic (exact) mass is 326 g/mol. The van der Waals surface area contributed by atoms with Gasteiger partial charge in [-0.1, -0.05) is 29.8 Å². The van der Waals surface area contributed by atoms with E-state index in [1.807, 2.05) is 48.5 Å². The van der Waals surface area contributed by atoms with Crippen LogP contribution in [0.5, 0.6) is 0 Å². The highest BCUT2D eigenvalue weighted by molar-refractivity contribution is 6.30. The fourth-order valence-electron chi connectivity index (χ4n) is 2.25. The summed E-state index contributed by atoms with van der Waals surface area (Å²) in [6.07, 6.45) is 1.72. The SMILES string of the molecule is CC(=O)Nc1ccc(-c2[nH]ncc2Nc2cccc(Cl)c2)cc1. The van der Waals surface area contributed by atoms with E-state index in [9.17, 15) is 4.79 Å². The third-order valence-corrected chi connectivity index (χ3v) is 3.47. The van der Waals surface area contributed by atoms with Crippen LogP contribution in [0.3, 0.4) is 0 Å². The third-order valence-electron chi connectivity index (χ3n) is 3.24. The number of aromatic amines is 1. The Balaban J connectivity index is 1.84. The Kier molecular flexibility index (Phi) is 4.30. The van der Waals surface area contributed by atoms with Crippen molar-refractivity contribution in [3.63, 3.8) is 0 Å². The van der Waals surface area contributed by atoms with Crippen LogP contribution in [0, 0.1) is 0 Å². The lowest BCUT2D eigenvalue weighted by Gasteiger charge is -2.08. The van der Waals surface area contributed by atoms with Gasteiger partial charge in [0.25, 0.3) is 0 Å². The minimum Gasteiger partial charge on any atom is -0.352 e. The second-order valence-electron chi connectivity index (χ2n) is 5.05. The molecule has 0 aliphatic rings. The van der Waals surface area contributed by atoms with Crippen LogP contribution in [0.15, 0.2) is 54.7 Å². The standard InChI is InChI=1S/C17H15ClN4O/c1-11(23)20-14-7-5-12(6-8-14)17-16(10-19-22-17)21-15-4-2-3-13(18)9-15/h2-10,21H,1H3,(H,19,22)(H,20,23). The van der Waals surface area contributed by atoms with Crippen LogP contribution in [0.1, 0.15) is 6.92 Å². The van der Waals surface area contributed by atoms with E-state index >= 15 is 0 Å². The van der Waals surface area contributed by atoms with Gasteiger partial charge in [-0.15, -0.1) is 0 Å². The van der Waals surface area contributed by atoms with Crippen LogP contribution in [0.4, 0.5) is 17.1 Å². The molecule has 6 heteroatoms. The summed E-state index contributed by atoms with van der Waals surface area (Å²) in [5.74, 6) is -0.0948. The van der Waals surface area contributed by atoms with E-state index in [4.69, 9.17) is 11.6 Å². The van der Waals surface area contributed by atoms with Gasteiger partial charge < -0.3 is 10.6 Å². The minimum absolute atomic E-state index is 0.0948. The molecule has 0 spiro atoms. The van der Waals surface area contributed by atoms with Crippen LogP contribution >= 0.6 is 11.6 Å². The third kappa shape index (κ3) is 3.70. The van der Waals surface area contributed by atoms with Gasteiger partial charge in [0.2, 0.25) is 5.91 Å². The first-order valence-electron chi connectivity index (χ1n) is 7.06. The number of halogens is 1. The van der Waals surface area contributed by atoms with Gasteiger partial charge in [-0.25, -0.2) is 0 Å². The second kappa shape index (κ2) is 6.54. The number of amides is 1. The van der Waals surface area contributed by atoms with E-state index in [-0.39, 0.29) is 5.91 Å². The fraction of sp³-hybridized carbons (Fsp3) is 0.0588. The van der Waals surface area contributed by atoms with Crippen molar-refractivity contribution < 1.29 is 4.79 Å². The average Bonchev–Trinajstić information content (AvgIpc) is 2.95. The highest BCUT2D eigenvalue weighted by Gasteiger charge is 2.08. The lowest BCUT2D eigenvalue weighted by molar-refractivity contribution is -0.114. The van der Waals surface area contributed by atoms with E-state index in [0.29, 0.717) is 5.02 Å².